The summed E-state index contributed by atoms with van der Waals surface area (Å²) in [4.78, 5) is 7.61. The highest BCUT2D eigenvalue weighted by Gasteiger charge is 2.62. The first-order valence-corrected chi connectivity index (χ1v) is 7.56. The molecular formula is C16H16F3N5O2. The number of methoxy groups -OCH3 is 1. The number of alkyl halides is 3. The van der Waals surface area contributed by atoms with Crippen molar-refractivity contribution in [1.29, 1.82) is 0 Å². The Morgan fingerprint density at radius 1 is 1.23 bits per heavy atom. The van der Waals surface area contributed by atoms with E-state index in [-0.39, 0.29) is 17.5 Å². The molecule has 3 rings (SSSR count). The lowest BCUT2D eigenvalue weighted by Crippen LogP contribution is -2.55. The van der Waals surface area contributed by atoms with Gasteiger partial charge in [0.1, 0.15) is 5.75 Å². The first-order valence-electron chi connectivity index (χ1n) is 7.56. The van der Waals surface area contributed by atoms with E-state index in [9.17, 15) is 18.3 Å². The number of aromatic nitrogens is 2. The molecule has 1 atom stereocenters. The highest BCUT2D eigenvalue weighted by atomic mass is 19.4. The lowest BCUT2D eigenvalue weighted by atomic mass is 10.0. The number of nitrogen functional groups attached to an aromatic ring is 1. The lowest BCUT2D eigenvalue weighted by Gasteiger charge is -2.33. The maximum Gasteiger partial charge on any atom is 0.438 e. The molecule has 7 nitrogen and oxygen atoms in total. The molecule has 1 aromatic carbocycles. The number of hydrogen-bond acceptors (Lipinski definition) is 7. The van der Waals surface area contributed by atoms with Gasteiger partial charge in [0.25, 0.3) is 5.72 Å². The summed E-state index contributed by atoms with van der Waals surface area (Å²) in [6.07, 6.45) is -5.73. The van der Waals surface area contributed by atoms with E-state index >= 15 is 0 Å². The van der Waals surface area contributed by atoms with Crippen molar-refractivity contribution in [3.05, 3.63) is 41.6 Å². The van der Waals surface area contributed by atoms with E-state index < -0.39 is 18.3 Å². The van der Waals surface area contributed by atoms with Gasteiger partial charge >= 0.3 is 6.18 Å². The summed E-state index contributed by atoms with van der Waals surface area (Å²) in [5, 5.41) is 14.8. The first kappa shape index (κ1) is 17.9. The van der Waals surface area contributed by atoms with Crippen LogP contribution in [0.5, 0.6) is 5.75 Å². The van der Waals surface area contributed by atoms with Gasteiger partial charge in [-0.2, -0.15) is 23.3 Å². The van der Waals surface area contributed by atoms with Crippen LogP contribution in [-0.4, -0.2) is 39.8 Å². The van der Waals surface area contributed by atoms with E-state index in [1.807, 2.05) is 0 Å². The largest absolute Gasteiger partial charge is 0.497 e. The maximum atomic E-state index is 13.6. The normalized spacial score (nSPS) is 20.2. The average molecular weight is 367 g/mol. The van der Waals surface area contributed by atoms with Gasteiger partial charge in [0.05, 0.1) is 19.2 Å². The molecule has 0 bridgehead atoms. The molecule has 0 radical (unpaired) electrons. The first-order chi connectivity index (χ1) is 12.1. The van der Waals surface area contributed by atoms with Crippen LogP contribution in [0, 0.1) is 6.92 Å². The number of halogens is 3. The molecular weight excluding hydrogens is 351 g/mol. The van der Waals surface area contributed by atoms with Crippen LogP contribution >= 0.6 is 0 Å². The van der Waals surface area contributed by atoms with Gasteiger partial charge in [0.15, 0.2) is 5.82 Å². The summed E-state index contributed by atoms with van der Waals surface area (Å²) in [7, 11) is 1.48. The Morgan fingerprint density at radius 2 is 1.88 bits per heavy atom. The molecule has 0 amide bonds. The Bertz CT molecular complexity index is 834. The highest BCUT2D eigenvalue weighted by Crippen LogP contribution is 2.43. The third-order valence-electron chi connectivity index (χ3n) is 3.94. The van der Waals surface area contributed by atoms with E-state index in [1.54, 1.807) is 31.2 Å². The Balaban J connectivity index is 2.08. The van der Waals surface area contributed by atoms with Gasteiger partial charge in [-0.1, -0.05) is 0 Å². The van der Waals surface area contributed by atoms with Crippen LogP contribution in [-0.2, 0) is 0 Å². The minimum absolute atomic E-state index is 0.0577. The molecule has 0 saturated heterocycles. The van der Waals surface area contributed by atoms with Crippen LogP contribution in [0.15, 0.2) is 35.4 Å². The molecule has 138 valence electrons. The number of nitrogens with zero attached hydrogens (tertiary/aromatic N) is 4. The zero-order valence-corrected chi connectivity index (χ0v) is 13.9. The molecule has 0 saturated carbocycles. The number of ether oxygens (including phenoxy) is 1. The summed E-state index contributed by atoms with van der Waals surface area (Å²) in [5.41, 5.74) is 3.12. The monoisotopic (exact) mass is 367 g/mol. The third kappa shape index (κ3) is 3.03. The number of aliphatic hydroxyl groups is 1. The van der Waals surface area contributed by atoms with Crippen molar-refractivity contribution in [2.24, 2.45) is 5.10 Å². The van der Waals surface area contributed by atoms with Gasteiger partial charge in [-0.15, -0.1) is 0 Å². The second-order valence-corrected chi connectivity index (χ2v) is 5.80. The number of anilines is 2. The topological polar surface area (TPSA) is 96.9 Å². The van der Waals surface area contributed by atoms with Crippen LogP contribution < -0.4 is 15.5 Å². The predicted molar refractivity (Wildman–Crippen MR) is 88.8 cm³/mol. The predicted octanol–water partition coefficient (Wildman–Crippen LogP) is 2.24. The zero-order valence-electron chi connectivity index (χ0n) is 13.9. The minimum atomic E-state index is -4.97. The number of benzene rings is 1. The highest BCUT2D eigenvalue weighted by molar-refractivity contribution is 6.03. The fourth-order valence-electron chi connectivity index (χ4n) is 2.63. The summed E-state index contributed by atoms with van der Waals surface area (Å²) >= 11 is 0. The molecule has 26 heavy (non-hydrogen) atoms. The van der Waals surface area contributed by atoms with Gasteiger partial charge in [-0.3, -0.25) is 0 Å². The van der Waals surface area contributed by atoms with Crippen molar-refractivity contribution >= 4 is 17.5 Å². The molecule has 3 N–H and O–H groups in total. The van der Waals surface area contributed by atoms with Gasteiger partial charge in [0.2, 0.25) is 5.95 Å². The van der Waals surface area contributed by atoms with Crippen LogP contribution in [0.25, 0.3) is 0 Å². The zero-order chi connectivity index (χ0) is 19.1. The van der Waals surface area contributed by atoms with Gasteiger partial charge in [0, 0.05) is 11.8 Å². The SMILES string of the molecule is COc1ccc(C2=NN(c3cc(C)nc(N)n3)[C@@](O)(C(F)(F)F)C2)cc1. The smallest absolute Gasteiger partial charge is 0.438 e. The van der Waals surface area contributed by atoms with E-state index in [1.165, 1.54) is 13.2 Å². The molecule has 1 aromatic heterocycles. The lowest BCUT2D eigenvalue weighted by molar-refractivity contribution is -0.254. The third-order valence-corrected chi connectivity index (χ3v) is 3.94. The number of aryl methyl sites for hydroxylation is 1. The van der Waals surface area contributed by atoms with E-state index in [2.05, 4.69) is 15.1 Å². The van der Waals surface area contributed by atoms with Gasteiger partial charge in [-0.05, 0) is 36.8 Å². The quantitative estimate of drug-likeness (QED) is 0.864. The van der Waals surface area contributed by atoms with Crippen molar-refractivity contribution < 1.29 is 23.0 Å². The van der Waals surface area contributed by atoms with Gasteiger partial charge in [-0.25, -0.2) is 9.99 Å². The van der Waals surface area contributed by atoms with Crippen LogP contribution in [0.2, 0.25) is 0 Å². The molecule has 1 aliphatic heterocycles. The summed E-state index contributed by atoms with van der Waals surface area (Å²) in [6, 6.07) is 7.60. The Kier molecular flexibility index (Phi) is 4.23. The van der Waals surface area contributed by atoms with Crippen LogP contribution in [0.4, 0.5) is 24.9 Å². The van der Waals surface area contributed by atoms with Crippen molar-refractivity contribution in [2.45, 2.75) is 25.2 Å². The molecule has 10 heteroatoms. The molecule has 1 aliphatic rings. The molecule has 0 unspecified atom stereocenters. The van der Waals surface area contributed by atoms with Gasteiger partial charge < -0.3 is 15.6 Å². The van der Waals surface area contributed by atoms with Crippen LogP contribution in [0.1, 0.15) is 17.7 Å². The second kappa shape index (κ2) is 6.13. The molecule has 2 heterocycles. The fourth-order valence-corrected chi connectivity index (χ4v) is 2.63. The minimum Gasteiger partial charge on any atom is -0.497 e. The average Bonchev–Trinajstić information content (AvgIpc) is 2.93. The summed E-state index contributed by atoms with van der Waals surface area (Å²) in [6.45, 7) is 1.55. The molecule has 0 aliphatic carbocycles. The summed E-state index contributed by atoms with van der Waals surface area (Å²) in [5.74, 6) is 0.102. The number of hydrazone groups is 1. The number of nitrogens with two attached hydrogens (primary N) is 1. The summed E-state index contributed by atoms with van der Waals surface area (Å²) < 4.78 is 45.9. The number of rotatable bonds is 3. The van der Waals surface area contributed by atoms with Crippen molar-refractivity contribution in [2.75, 3.05) is 17.9 Å². The van der Waals surface area contributed by atoms with Crippen molar-refractivity contribution in [3.63, 3.8) is 0 Å². The Labute approximate surface area is 146 Å². The van der Waals surface area contributed by atoms with E-state index in [0.717, 1.165) is 0 Å². The Hall–Kier alpha value is -2.88. The van der Waals surface area contributed by atoms with Crippen LogP contribution in [0.3, 0.4) is 0 Å². The Morgan fingerprint density at radius 3 is 2.42 bits per heavy atom. The fraction of sp³-hybridized carbons (Fsp3) is 0.312. The molecule has 0 spiro atoms. The van der Waals surface area contributed by atoms with Crippen molar-refractivity contribution in [1.82, 2.24) is 9.97 Å². The second-order valence-electron chi connectivity index (χ2n) is 5.80. The molecule has 0 fully saturated rings. The van der Waals surface area contributed by atoms with Crippen molar-refractivity contribution in [3.8, 4) is 5.75 Å². The number of hydrogen-bond donors (Lipinski definition) is 2. The van der Waals surface area contributed by atoms with E-state index in [0.29, 0.717) is 22.0 Å². The molecule has 2 aromatic rings. The van der Waals surface area contributed by atoms with E-state index in [4.69, 9.17) is 10.5 Å². The maximum absolute atomic E-state index is 13.6. The standard InChI is InChI=1S/C16H16F3N5O2/c1-9-7-13(22-14(20)21-9)24-15(25,16(17,18)19)8-12(23-24)10-3-5-11(26-2)6-4-10/h3-7,25H,8H2,1-2H3,(H2,20,21,22)/t15-/m0/s1.